The molecule has 1 aromatic heterocycles. The van der Waals surface area contributed by atoms with Crippen molar-refractivity contribution in [2.45, 2.75) is 84.1 Å². The van der Waals surface area contributed by atoms with Crippen molar-refractivity contribution in [1.29, 1.82) is 0 Å². The normalized spacial score (nSPS) is 23.4. The van der Waals surface area contributed by atoms with Crippen molar-refractivity contribution in [3.05, 3.63) is 69.2 Å². The lowest BCUT2D eigenvalue weighted by atomic mass is 9.72. The zero-order chi connectivity index (χ0) is 25.9. The molecule has 0 saturated heterocycles. The molecule has 4 nitrogen and oxygen atoms in total. The fourth-order valence-electron chi connectivity index (χ4n) is 6.69. The van der Waals surface area contributed by atoms with Crippen molar-refractivity contribution in [2.24, 2.45) is 17.8 Å². The number of allylic oxidation sites excluding steroid dienone is 1. The van der Waals surface area contributed by atoms with Gasteiger partial charge < -0.3 is 4.42 Å². The summed E-state index contributed by atoms with van der Waals surface area (Å²) in [7, 11) is 0. The van der Waals surface area contributed by atoms with E-state index in [0.717, 1.165) is 48.5 Å². The lowest BCUT2D eigenvalue weighted by Gasteiger charge is -2.33. The fourth-order valence-corrected chi connectivity index (χ4v) is 7.19. The highest BCUT2D eigenvalue weighted by Crippen LogP contribution is 2.44. The maximum Gasteiger partial charge on any atom is 0.156 e. The first-order chi connectivity index (χ1) is 18.0. The molecule has 3 atom stereocenters. The molecular formula is C31H38Cl2N2O2. The highest BCUT2D eigenvalue weighted by molar-refractivity contribution is 6.36. The van der Waals surface area contributed by atoms with Gasteiger partial charge >= 0.3 is 0 Å². The van der Waals surface area contributed by atoms with Gasteiger partial charge in [0.2, 0.25) is 0 Å². The summed E-state index contributed by atoms with van der Waals surface area (Å²) in [4.78, 5) is 14.0. The Morgan fingerprint density at radius 2 is 1.97 bits per heavy atom. The molecule has 3 aliphatic rings. The van der Waals surface area contributed by atoms with Crippen molar-refractivity contribution in [2.75, 3.05) is 5.01 Å². The molecule has 5 rings (SSSR count). The quantitative estimate of drug-likeness (QED) is 0.362. The summed E-state index contributed by atoms with van der Waals surface area (Å²) in [5.74, 6) is 2.04. The predicted molar refractivity (Wildman–Crippen MR) is 153 cm³/mol. The number of furan rings is 1. The first kappa shape index (κ1) is 26.6. The van der Waals surface area contributed by atoms with E-state index in [1.807, 2.05) is 23.2 Å². The Morgan fingerprint density at radius 1 is 1.16 bits per heavy atom. The maximum atomic E-state index is 14.0. The van der Waals surface area contributed by atoms with Gasteiger partial charge in [-0.2, -0.15) is 0 Å². The summed E-state index contributed by atoms with van der Waals surface area (Å²) in [6, 6.07) is 7.17. The maximum absolute atomic E-state index is 14.0. The van der Waals surface area contributed by atoms with Crippen LogP contribution in [0.15, 0.2) is 58.1 Å². The highest BCUT2D eigenvalue weighted by Gasteiger charge is 2.40. The zero-order valence-corrected chi connectivity index (χ0v) is 23.5. The summed E-state index contributed by atoms with van der Waals surface area (Å²) in [5, 5.41) is 3.19. The van der Waals surface area contributed by atoms with Gasteiger partial charge in [0.1, 0.15) is 6.04 Å². The minimum Gasteiger partial charge on any atom is -0.472 e. The van der Waals surface area contributed by atoms with Crippen LogP contribution in [0.1, 0.15) is 83.6 Å². The Bertz CT molecular complexity index is 1160. The van der Waals surface area contributed by atoms with Crippen LogP contribution in [0.25, 0.3) is 6.08 Å². The van der Waals surface area contributed by atoms with Crippen LogP contribution in [0.4, 0.5) is 5.69 Å². The van der Waals surface area contributed by atoms with Crippen LogP contribution in [0.2, 0.25) is 10.0 Å². The van der Waals surface area contributed by atoms with Crippen LogP contribution in [-0.2, 0) is 4.79 Å². The van der Waals surface area contributed by atoms with Crippen molar-refractivity contribution in [3.8, 4) is 0 Å². The number of halogens is 2. The average molecular weight is 542 g/mol. The summed E-state index contributed by atoms with van der Waals surface area (Å²) >= 11 is 12.9. The number of ketones is 1. The first-order valence-corrected chi connectivity index (χ1v) is 14.7. The SMILES string of the molecule is CCC(CC(=O)C1NN(c2ccc(Cl)cc2Cl)C2=C1CCC/C2=C\c1ccoc1)[C@H](C)C1CCCCC1. The molecule has 1 N–H and O–H groups in total. The predicted octanol–water partition coefficient (Wildman–Crippen LogP) is 9.00. The van der Waals surface area contributed by atoms with Crippen LogP contribution >= 0.6 is 23.2 Å². The molecule has 0 spiro atoms. The third-order valence-electron chi connectivity index (χ3n) is 8.81. The molecule has 2 heterocycles. The van der Waals surface area contributed by atoms with Gasteiger partial charge in [0.05, 0.1) is 28.9 Å². The number of Topliss-reactive ketones (excluding diaryl/α,β-unsaturated/α-hetero) is 1. The second-order valence-electron chi connectivity index (χ2n) is 11.0. The van der Waals surface area contributed by atoms with Gasteiger partial charge in [-0.3, -0.25) is 9.80 Å². The van der Waals surface area contributed by atoms with E-state index in [4.69, 9.17) is 27.6 Å². The largest absolute Gasteiger partial charge is 0.472 e. The molecule has 6 heteroatoms. The van der Waals surface area contributed by atoms with Crippen LogP contribution in [0.3, 0.4) is 0 Å². The van der Waals surface area contributed by atoms with Gasteiger partial charge in [0.25, 0.3) is 0 Å². The van der Waals surface area contributed by atoms with Crippen LogP contribution in [-0.4, -0.2) is 11.8 Å². The number of hydrogen-bond donors (Lipinski definition) is 1. The number of benzene rings is 1. The number of nitrogens with one attached hydrogen (secondary N) is 1. The Labute approximate surface area is 231 Å². The Morgan fingerprint density at radius 3 is 2.68 bits per heavy atom. The second kappa shape index (κ2) is 11.8. The topological polar surface area (TPSA) is 45.5 Å². The molecule has 37 heavy (non-hydrogen) atoms. The lowest BCUT2D eigenvalue weighted by Crippen LogP contribution is -2.43. The van der Waals surface area contributed by atoms with Gasteiger partial charge in [-0.25, -0.2) is 5.43 Å². The van der Waals surface area contributed by atoms with Gasteiger partial charge in [-0.15, -0.1) is 0 Å². The third-order valence-corrected chi connectivity index (χ3v) is 9.35. The van der Waals surface area contributed by atoms with Gasteiger partial charge in [-0.1, -0.05) is 75.6 Å². The molecule has 198 valence electrons. The van der Waals surface area contributed by atoms with Crippen molar-refractivity contribution in [3.63, 3.8) is 0 Å². The molecule has 2 aromatic rings. The summed E-state index contributed by atoms with van der Waals surface area (Å²) in [5.41, 5.74) is 8.87. The van der Waals surface area contributed by atoms with E-state index in [-0.39, 0.29) is 6.04 Å². The smallest absolute Gasteiger partial charge is 0.156 e. The number of carbonyl (C=O) groups excluding carboxylic acids is 1. The van der Waals surface area contributed by atoms with Crippen molar-refractivity contribution < 1.29 is 9.21 Å². The minimum absolute atomic E-state index is 0.291. The van der Waals surface area contributed by atoms with E-state index in [1.54, 1.807) is 18.6 Å². The first-order valence-electron chi connectivity index (χ1n) is 14.0. The van der Waals surface area contributed by atoms with E-state index >= 15 is 0 Å². The van der Waals surface area contributed by atoms with E-state index in [2.05, 4.69) is 25.3 Å². The highest BCUT2D eigenvalue weighted by atomic mass is 35.5. The molecule has 2 aliphatic carbocycles. The Kier molecular flexibility index (Phi) is 8.48. The summed E-state index contributed by atoms with van der Waals surface area (Å²) in [6.45, 7) is 4.63. The minimum atomic E-state index is -0.331. The van der Waals surface area contributed by atoms with Crippen LogP contribution < -0.4 is 10.4 Å². The molecule has 1 aromatic carbocycles. The number of hydrogen-bond acceptors (Lipinski definition) is 4. The summed E-state index contributed by atoms with van der Waals surface area (Å²) < 4.78 is 5.32. The zero-order valence-electron chi connectivity index (χ0n) is 21.9. The number of carbonyl (C=O) groups is 1. The molecule has 1 fully saturated rings. The van der Waals surface area contributed by atoms with Gasteiger partial charge in [0, 0.05) is 17.0 Å². The Hall–Kier alpha value is -2.01. The van der Waals surface area contributed by atoms with Crippen LogP contribution in [0.5, 0.6) is 0 Å². The van der Waals surface area contributed by atoms with Crippen LogP contribution in [0, 0.1) is 17.8 Å². The molecule has 0 bridgehead atoms. The third kappa shape index (κ3) is 5.72. The monoisotopic (exact) mass is 540 g/mol. The van der Waals surface area contributed by atoms with E-state index in [0.29, 0.717) is 34.1 Å². The standard InChI is InChI=1S/C31H38Cl2N2O2/c1-3-22(20(2)23-8-5-4-6-9-23)17-29(36)30-26-11-7-10-24(16-21-14-15-37-19-21)31(26)35(34-30)28-13-12-25(32)18-27(28)33/h12-16,18-20,22-23,30,34H,3-11,17H2,1-2H3/b24-16+/t20-,22?,30?/m0/s1. The number of anilines is 1. The van der Waals surface area contributed by atoms with E-state index < -0.39 is 0 Å². The molecule has 1 aliphatic heterocycles. The second-order valence-corrected chi connectivity index (χ2v) is 11.9. The number of hydrazine groups is 1. The Balaban J connectivity index is 1.46. The van der Waals surface area contributed by atoms with E-state index in [9.17, 15) is 4.79 Å². The molecule has 1 saturated carbocycles. The number of nitrogens with zero attached hydrogens (tertiary/aromatic N) is 1. The fraction of sp³-hybridized carbons (Fsp3) is 0.516. The molecule has 2 unspecified atom stereocenters. The van der Waals surface area contributed by atoms with Crippen molar-refractivity contribution >= 4 is 40.7 Å². The average Bonchev–Trinajstić information content (AvgIpc) is 3.56. The lowest BCUT2D eigenvalue weighted by molar-refractivity contribution is -0.121. The van der Waals surface area contributed by atoms with Gasteiger partial charge in [0.15, 0.2) is 5.78 Å². The molecule has 0 radical (unpaired) electrons. The van der Waals surface area contributed by atoms with Gasteiger partial charge in [-0.05, 0) is 78.5 Å². The number of rotatable bonds is 8. The van der Waals surface area contributed by atoms with Crippen molar-refractivity contribution in [1.82, 2.24) is 5.43 Å². The molecule has 0 amide bonds. The van der Waals surface area contributed by atoms with E-state index in [1.165, 1.54) is 43.3 Å². The summed E-state index contributed by atoms with van der Waals surface area (Å²) in [6.07, 6.45) is 16.8. The molecular weight excluding hydrogens is 503 g/mol.